The van der Waals surface area contributed by atoms with Crippen LogP contribution >= 0.6 is 0 Å². The minimum absolute atomic E-state index is 0.287. The predicted octanol–water partition coefficient (Wildman–Crippen LogP) is 7.72. The summed E-state index contributed by atoms with van der Waals surface area (Å²) < 4.78 is 37.0. The van der Waals surface area contributed by atoms with E-state index in [-0.39, 0.29) is 11.6 Å². The van der Waals surface area contributed by atoms with Crippen molar-refractivity contribution in [1.29, 1.82) is 0 Å². The summed E-state index contributed by atoms with van der Waals surface area (Å²) in [4.78, 5) is 27.0. The van der Waals surface area contributed by atoms with Gasteiger partial charge in [0, 0.05) is 42.5 Å². The average molecular weight is 629 g/mol. The maximum absolute atomic E-state index is 13.9. The summed E-state index contributed by atoms with van der Waals surface area (Å²) in [6.07, 6.45) is 6.92. The molecule has 0 aliphatic carbocycles. The molecular weight excluding hydrogens is 598 g/mol. The fraction of sp³-hybridized carbons (Fsp3) is 0.167. The maximum Gasteiger partial charge on any atom is 0.150 e. The molecule has 2 aromatic carbocycles. The number of benzene rings is 2. The Morgan fingerprint density at radius 3 is 1.55 bits per heavy atom. The molecule has 8 rings (SSSR count). The lowest BCUT2D eigenvalue weighted by atomic mass is 10.1. The third kappa shape index (κ3) is 5.00. The normalized spacial score (nSPS) is 11.4. The Labute approximate surface area is 268 Å². The van der Waals surface area contributed by atoms with E-state index in [9.17, 15) is 8.78 Å². The van der Waals surface area contributed by atoms with Crippen molar-refractivity contribution < 1.29 is 13.5 Å². The molecule has 0 atom stereocenters. The molecule has 0 bridgehead atoms. The van der Waals surface area contributed by atoms with E-state index in [1.54, 1.807) is 50.1 Å². The van der Waals surface area contributed by atoms with Crippen LogP contribution in [-0.4, -0.2) is 45.8 Å². The highest BCUT2D eigenvalue weighted by atomic mass is 19.1. The first-order valence-corrected chi connectivity index (χ1v) is 15.0. The average Bonchev–Trinajstić information content (AvgIpc) is 3.60. The van der Waals surface area contributed by atoms with Gasteiger partial charge in [-0.25, -0.2) is 28.7 Å². The molecule has 0 saturated carbocycles. The lowest BCUT2D eigenvalue weighted by Crippen LogP contribution is -1.99. The summed E-state index contributed by atoms with van der Waals surface area (Å²) in [7, 11) is 1.60. The fourth-order valence-electron chi connectivity index (χ4n) is 6.17. The number of halogens is 2. The van der Waals surface area contributed by atoms with Crippen molar-refractivity contribution in [3.05, 3.63) is 113 Å². The minimum atomic E-state index is -0.315. The van der Waals surface area contributed by atoms with Gasteiger partial charge >= 0.3 is 0 Å². The summed E-state index contributed by atoms with van der Waals surface area (Å²) in [5.41, 5.74) is 10.8. The number of imidazole rings is 2. The number of fused-ring (bicyclic) bond motifs is 6. The number of nitrogens with zero attached hydrogens (tertiary/aromatic N) is 8. The van der Waals surface area contributed by atoms with Crippen molar-refractivity contribution in [2.75, 3.05) is 7.11 Å². The first-order chi connectivity index (χ1) is 22.7. The Morgan fingerprint density at radius 2 is 1.04 bits per heavy atom. The van der Waals surface area contributed by atoms with E-state index in [4.69, 9.17) is 9.72 Å². The molecule has 234 valence electrons. The van der Waals surface area contributed by atoms with Crippen molar-refractivity contribution in [1.82, 2.24) is 38.7 Å². The third-order valence-corrected chi connectivity index (χ3v) is 8.24. The van der Waals surface area contributed by atoms with E-state index in [0.29, 0.717) is 28.1 Å². The fourth-order valence-corrected chi connectivity index (χ4v) is 6.17. The Kier molecular flexibility index (Phi) is 7.31. The molecule has 0 amide bonds. The second kappa shape index (κ2) is 11.5. The van der Waals surface area contributed by atoms with Crippen LogP contribution < -0.4 is 4.74 Å². The molecule has 0 N–H and O–H groups in total. The molecule has 47 heavy (non-hydrogen) atoms. The van der Waals surface area contributed by atoms with Crippen molar-refractivity contribution in [3.63, 3.8) is 0 Å². The van der Waals surface area contributed by atoms with Gasteiger partial charge in [0.1, 0.15) is 23.2 Å². The number of hydrogen-bond acceptors (Lipinski definition) is 7. The van der Waals surface area contributed by atoms with Crippen LogP contribution in [0.15, 0.2) is 73.3 Å². The summed E-state index contributed by atoms with van der Waals surface area (Å²) in [5.74, 6) is 1.49. The maximum atomic E-state index is 13.9. The summed E-state index contributed by atoms with van der Waals surface area (Å²) in [6, 6.07) is 12.9. The van der Waals surface area contributed by atoms with Crippen LogP contribution in [0.2, 0.25) is 0 Å². The second-order valence-corrected chi connectivity index (χ2v) is 11.3. The van der Waals surface area contributed by atoms with E-state index in [1.165, 1.54) is 24.3 Å². The number of rotatable bonds is 3. The van der Waals surface area contributed by atoms with Gasteiger partial charge in [-0.1, -0.05) is 0 Å². The van der Waals surface area contributed by atoms with Crippen LogP contribution in [0, 0.1) is 46.3 Å². The molecule has 8 aromatic rings. The van der Waals surface area contributed by atoms with Gasteiger partial charge in [-0.15, -0.1) is 0 Å². The minimum Gasteiger partial charge on any atom is -0.496 e. The van der Waals surface area contributed by atoms with E-state index >= 15 is 0 Å². The van der Waals surface area contributed by atoms with E-state index in [2.05, 4.69) is 24.9 Å². The smallest absolute Gasteiger partial charge is 0.150 e. The Morgan fingerprint density at radius 1 is 0.574 bits per heavy atom. The zero-order chi connectivity index (χ0) is 33.0. The Balaban J connectivity index is 0.000000150. The molecule has 0 fully saturated rings. The largest absolute Gasteiger partial charge is 0.496 e. The van der Waals surface area contributed by atoms with Crippen molar-refractivity contribution >= 4 is 33.1 Å². The second-order valence-electron chi connectivity index (χ2n) is 11.3. The quantitative estimate of drug-likeness (QED) is 0.198. The van der Waals surface area contributed by atoms with Gasteiger partial charge < -0.3 is 4.74 Å². The van der Waals surface area contributed by atoms with Crippen LogP contribution in [0.25, 0.3) is 55.9 Å². The van der Waals surface area contributed by atoms with Gasteiger partial charge in [-0.3, -0.25) is 18.8 Å². The Bertz CT molecular complexity index is 2500. The first kappa shape index (κ1) is 29.8. The van der Waals surface area contributed by atoms with E-state index < -0.39 is 0 Å². The molecular formula is C36H30F2N8O. The van der Waals surface area contributed by atoms with Crippen molar-refractivity contribution in [3.8, 4) is 28.5 Å². The van der Waals surface area contributed by atoms with Gasteiger partial charge in [0.05, 0.1) is 68.5 Å². The van der Waals surface area contributed by atoms with Gasteiger partial charge in [0.2, 0.25) is 0 Å². The number of aryl methyl sites for hydroxylation is 5. The highest BCUT2D eigenvalue weighted by molar-refractivity contribution is 5.85. The number of methoxy groups -OCH3 is 1. The summed E-state index contributed by atoms with van der Waals surface area (Å²) in [5, 5.41) is 0. The predicted molar refractivity (Wildman–Crippen MR) is 178 cm³/mol. The third-order valence-electron chi connectivity index (χ3n) is 8.24. The molecule has 0 radical (unpaired) electrons. The number of pyridine rings is 2. The van der Waals surface area contributed by atoms with Crippen LogP contribution in [0.5, 0.6) is 5.75 Å². The molecule has 0 aliphatic rings. The summed E-state index contributed by atoms with van der Waals surface area (Å²) in [6.45, 7) is 9.76. The molecule has 9 nitrogen and oxygen atoms in total. The molecule has 6 aromatic heterocycles. The Hall–Kier alpha value is -5.84. The molecule has 0 aliphatic heterocycles. The molecule has 11 heteroatoms. The van der Waals surface area contributed by atoms with Crippen LogP contribution in [-0.2, 0) is 0 Å². The highest BCUT2D eigenvalue weighted by Gasteiger charge is 2.20. The van der Waals surface area contributed by atoms with Crippen molar-refractivity contribution in [2.24, 2.45) is 0 Å². The SMILES string of the molecule is COc1ccncc1-c1nc(C)c2c(C)nc3ccc(F)cc3n12.Cc1ccncc1-c1nc(C)c2c(C)nc3ccc(F)cc3n12. The molecule has 0 spiro atoms. The van der Waals surface area contributed by atoms with E-state index in [0.717, 1.165) is 61.8 Å². The van der Waals surface area contributed by atoms with E-state index in [1.807, 2.05) is 49.5 Å². The van der Waals surface area contributed by atoms with Gasteiger partial charge in [-0.2, -0.15) is 0 Å². The molecule has 0 saturated heterocycles. The first-order valence-electron chi connectivity index (χ1n) is 15.0. The zero-order valence-electron chi connectivity index (χ0n) is 26.7. The lowest BCUT2D eigenvalue weighted by Gasteiger charge is -2.10. The molecule has 6 heterocycles. The number of ether oxygens (including phenoxy) is 1. The summed E-state index contributed by atoms with van der Waals surface area (Å²) >= 11 is 0. The standard InChI is InChI=1S/C18H15FN4O.C18H15FN4/c1-10-17-11(2)22-18(13-9-20-7-6-16(13)24-3)23(17)15-8-12(19)4-5-14(15)21-10;1-10-6-7-20-9-14(10)18-22-12(3)17-11(2)21-15-5-4-13(19)8-16(15)23(17)18/h4-9H,1-3H3;4-9H,1-3H3. The van der Waals surface area contributed by atoms with Crippen LogP contribution in [0.4, 0.5) is 8.78 Å². The highest BCUT2D eigenvalue weighted by Crippen LogP contribution is 2.33. The van der Waals surface area contributed by atoms with Gasteiger partial charge in [0.15, 0.2) is 5.82 Å². The van der Waals surface area contributed by atoms with Crippen molar-refractivity contribution in [2.45, 2.75) is 34.6 Å². The monoisotopic (exact) mass is 628 g/mol. The lowest BCUT2D eigenvalue weighted by molar-refractivity contribution is 0.415. The zero-order valence-corrected chi connectivity index (χ0v) is 26.7. The van der Waals surface area contributed by atoms with Gasteiger partial charge in [-0.05, 0) is 76.6 Å². The van der Waals surface area contributed by atoms with Gasteiger partial charge in [0.25, 0.3) is 0 Å². The van der Waals surface area contributed by atoms with Crippen LogP contribution in [0.3, 0.4) is 0 Å². The number of hydrogen-bond donors (Lipinski definition) is 0. The molecule has 0 unspecified atom stereocenters. The van der Waals surface area contributed by atoms with Crippen LogP contribution in [0.1, 0.15) is 28.3 Å². The number of aromatic nitrogens is 8. The topological polar surface area (TPSA) is 95.4 Å².